The van der Waals surface area contributed by atoms with Crippen LogP contribution in [0.25, 0.3) is 0 Å². The van der Waals surface area contributed by atoms with Crippen molar-refractivity contribution >= 4 is 17.2 Å². The second-order valence-corrected chi connectivity index (χ2v) is 11.9. The number of nitrogens with zero attached hydrogens (tertiary/aromatic N) is 3. The number of aromatic nitrogens is 1. The van der Waals surface area contributed by atoms with Crippen LogP contribution in [0, 0.1) is 0 Å². The molecule has 0 radical (unpaired) electrons. The lowest BCUT2D eigenvalue weighted by atomic mass is 9.78. The molecule has 0 amide bonds. The van der Waals surface area contributed by atoms with Crippen LogP contribution < -0.4 is 10.6 Å². The van der Waals surface area contributed by atoms with Crippen molar-refractivity contribution in [3.8, 4) is 5.75 Å². The third-order valence-corrected chi connectivity index (χ3v) is 6.90. The van der Waals surface area contributed by atoms with E-state index in [-0.39, 0.29) is 10.8 Å². The fraction of sp³-hybridized carbons (Fsp3) is 0.433. The molecule has 0 spiro atoms. The van der Waals surface area contributed by atoms with Crippen molar-refractivity contribution in [3.05, 3.63) is 77.1 Å². The van der Waals surface area contributed by atoms with E-state index in [0.717, 1.165) is 55.2 Å². The molecule has 1 aliphatic heterocycles. The van der Waals surface area contributed by atoms with Crippen LogP contribution in [-0.4, -0.2) is 47.0 Å². The van der Waals surface area contributed by atoms with Crippen LogP contribution in [0.5, 0.6) is 5.75 Å². The number of aliphatic imine (C=N–C) groups is 1. The van der Waals surface area contributed by atoms with Gasteiger partial charge in [-0.3, -0.25) is 4.90 Å². The van der Waals surface area contributed by atoms with Crippen molar-refractivity contribution in [2.45, 2.75) is 58.9 Å². The molecular formula is C30H41N5O. The lowest BCUT2D eigenvalue weighted by Crippen LogP contribution is -2.46. The first-order valence-corrected chi connectivity index (χ1v) is 12.8. The number of benzene rings is 2. The van der Waals surface area contributed by atoms with Gasteiger partial charge in [0.25, 0.3) is 0 Å². The van der Waals surface area contributed by atoms with E-state index in [4.69, 9.17) is 5.73 Å². The van der Waals surface area contributed by atoms with E-state index in [1.165, 1.54) is 11.3 Å². The fourth-order valence-electron chi connectivity index (χ4n) is 4.78. The molecule has 36 heavy (non-hydrogen) atoms. The zero-order valence-corrected chi connectivity index (χ0v) is 22.6. The number of anilines is 1. The molecule has 2 heterocycles. The molecule has 6 heteroatoms. The average Bonchev–Trinajstić information content (AvgIpc) is 3.35. The lowest BCUT2D eigenvalue weighted by molar-refractivity contribution is 0.249. The van der Waals surface area contributed by atoms with Gasteiger partial charge in [-0.25, -0.2) is 4.99 Å². The number of H-pyrrole nitrogens is 1. The van der Waals surface area contributed by atoms with E-state index in [2.05, 4.69) is 85.6 Å². The summed E-state index contributed by atoms with van der Waals surface area (Å²) < 4.78 is 0. The molecule has 3 aromatic rings. The highest BCUT2D eigenvalue weighted by Gasteiger charge is 2.27. The lowest BCUT2D eigenvalue weighted by Gasteiger charge is -2.36. The molecule has 192 valence electrons. The third kappa shape index (κ3) is 5.93. The second-order valence-electron chi connectivity index (χ2n) is 11.9. The van der Waals surface area contributed by atoms with Gasteiger partial charge >= 0.3 is 0 Å². The van der Waals surface area contributed by atoms with Crippen molar-refractivity contribution in [2.24, 2.45) is 10.7 Å². The number of aromatic hydroxyl groups is 1. The zero-order valence-electron chi connectivity index (χ0n) is 22.6. The van der Waals surface area contributed by atoms with Crippen LogP contribution in [0.1, 0.15) is 63.9 Å². The van der Waals surface area contributed by atoms with Gasteiger partial charge in [0.15, 0.2) is 0 Å². The minimum absolute atomic E-state index is 0.110. The molecule has 1 fully saturated rings. The number of phenolic OH excluding ortho intramolecular Hbond substituents is 1. The minimum atomic E-state index is -0.110. The minimum Gasteiger partial charge on any atom is -0.507 e. The van der Waals surface area contributed by atoms with Crippen LogP contribution in [0.2, 0.25) is 0 Å². The van der Waals surface area contributed by atoms with Crippen LogP contribution in [0.3, 0.4) is 0 Å². The maximum atomic E-state index is 11.0. The summed E-state index contributed by atoms with van der Waals surface area (Å²) >= 11 is 0. The monoisotopic (exact) mass is 487 g/mol. The summed E-state index contributed by atoms with van der Waals surface area (Å²) in [7, 11) is 0. The number of aromatic amines is 1. The smallest absolute Gasteiger partial charge is 0.147 e. The Hall–Kier alpha value is -3.25. The van der Waals surface area contributed by atoms with Crippen LogP contribution >= 0.6 is 0 Å². The largest absolute Gasteiger partial charge is 0.507 e. The van der Waals surface area contributed by atoms with Gasteiger partial charge in [-0.2, -0.15) is 0 Å². The molecule has 0 bridgehead atoms. The molecule has 0 atom stereocenters. The summed E-state index contributed by atoms with van der Waals surface area (Å²) in [5, 5.41) is 11.0. The third-order valence-electron chi connectivity index (χ3n) is 6.90. The molecule has 2 aromatic carbocycles. The maximum Gasteiger partial charge on any atom is 0.147 e. The SMILES string of the molecule is CC(C)(C)c1cc(CN2CCN(c3ccc(N=C(N)c4ccc[nH]4)cc3)CC2)cc(C(C)(C)C)c1O. The van der Waals surface area contributed by atoms with Gasteiger partial charge in [-0.1, -0.05) is 53.7 Å². The van der Waals surface area contributed by atoms with Crippen molar-refractivity contribution in [2.75, 3.05) is 31.1 Å². The second kappa shape index (κ2) is 10.0. The van der Waals surface area contributed by atoms with Gasteiger partial charge < -0.3 is 20.7 Å². The molecule has 4 rings (SSSR count). The van der Waals surface area contributed by atoms with Crippen LogP contribution in [-0.2, 0) is 17.4 Å². The quantitative estimate of drug-likeness (QED) is 0.320. The normalized spacial score (nSPS) is 15.9. The molecule has 1 aliphatic rings. The number of nitrogens with one attached hydrogen (secondary N) is 1. The highest BCUT2D eigenvalue weighted by molar-refractivity contribution is 5.97. The van der Waals surface area contributed by atoms with Gasteiger partial charge in [-0.05, 0) is 63.9 Å². The molecule has 0 saturated carbocycles. The fourth-order valence-corrected chi connectivity index (χ4v) is 4.78. The maximum absolute atomic E-state index is 11.0. The summed E-state index contributed by atoms with van der Waals surface area (Å²) in [4.78, 5) is 12.5. The number of hydrogen-bond acceptors (Lipinski definition) is 4. The average molecular weight is 488 g/mol. The molecule has 4 N–H and O–H groups in total. The number of phenols is 1. The molecule has 6 nitrogen and oxygen atoms in total. The Morgan fingerprint density at radius 1 is 0.917 bits per heavy atom. The van der Waals surface area contributed by atoms with Gasteiger partial charge in [0.1, 0.15) is 11.6 Å². The number of rotatable bonds is 5. The zero-order chi connectivity index (χ0) is 26.1. The molecule has 1 aromatic heterocycles. The van der Waals surface area contributed by atoms with Crippen molar-refractivity contribution < 1.29 is 5.11 Å². The van der Waals surface area contributed by atoms with Gasteiger partial charge in [0.2, 0.25) is 0 Å². The van der Waals surface area contributed by atoms with E-state index in [9.17, 15) is 5.11 Å². The summed E-state index contributed by atoms with van der Waals surface area (Å²) in [5.41, 5.74) is 12.1. The van der Waals surface area contributed by atoms with E-state index in [0.29, 0.717) is 11.6 Å². The van der Waals surface area contributed by atoms with Gasteiger partial charge in [0, 0.05) is 44.6 Å². The van der Waals surface area contributed by atoms with E-state index in [1.807, 2.05) is 30.5 Å². The highest BCUT2D eigenvalue weighted by Crippen LogP contribution is 2.40. The van der Waals surface area contributed by atoms with E-state index < -0.39 is 0 Å². The Morgan fingerprint density at radius 2 is 1.50 bits per heavy atom. The van der Waals surface area contributed by atoms with E-state index in [1.54, 1.807) is 0 Å². The summed E-state index contributed by atoms with van der Waals surface area (Å²) in [6.07, 6.45) is 1.84. The Kier molecular flexibility index (Phi) is 7.19. The van der Waals surface area contributed by atoms with Crippen LogP contribution in [0.15, 0.2) is 59.7 Å². The Bertz CT molecular complexity index is 1150. The summed E-state index contributed by atoms with van der Waals surface area (Å²) in [6.45, 7) is 17.9. The predicted molar refractivity (Wildman–Crippen MR) is 151 cm³/mol. The Balaban J connectivity index is 1.41. The molecular weight excluding hydrogens is 446 g/mol. The standard InChI is InChI=1S/C30H41N5O/c1-29(2,3)24-18-21(19-25(27(24)36)30(4,5)6)20-34-14-16-35(17-15-34)23-11-9-22(10-12-23)33-28(31)26-8-7-13-32-26/h7-13,18-19,32,36H,14-17,20H2,1-6H3,(H2,31,33). The molecule has 0 aliphatic carbocycles. The van der Waals surface area contributed by atoms with Gasteiger partial charge in [0.05, 0.1) is 11.4 Å². The molecule has 0 unspecified atom stereocenters. The van der Waals surface area contributed by atoms with Crippen molar-refractivity contribution in [1.29, 1.82) is 0 Å². The topological polar surface area (TPSA) is 80.9 Å². The van der Waals surface area contributed by atoms with E-state index >= 15 is 0 Å². The number of nitrogens with two attached hydrogens (primary N) is 1. The Labute approximate surface area is 215 Å². The number of hydrogen-bond donors (Lipinski definition) is 3. The van der Waals surface area contributed by atoms with Crippen LogP contribution in [0.4, 0.5) is 11.4 Å². The first-order chi connectivity index (χ1) is 16.9. The van der Waals surface area contributed by atoms with Crippen molar-refractivity contribution in [3.63, 3.8) is 0 Å². The number of piperazine rings is 1. The van der Waals surface area contributed by atoms with Crippen molar-refractivity contribution in [1.82, 2.24) is 9.88 Å². The highest BCUT2D eigenvalue weighted by atomic mass is 16.3. The summed E-state index contributed by atoms with van der Waals surface area (Å²) in [5.74, 6) is 0.936. The first-order valence-electron chi connectivity index (χ1n) is 12.8. The van der Waals surface area contributed by atoms with Gasteiger partial charge in [-0.15, -0.1) is 0 Å². The predicted octanol–water partition coefficient (Wildman–Crippen LogP) is 5.67. The number of amidine groups is 1. The summed E-state index contributed by atoms with van der Waals surface area (Å²) in [6, 6.07) is 16.5. The first kappa shape index (κ1) is 25.8. The molecule has 1 saturated heterocycles. The Morgan fingerprint density at radius 3 is 2.00 bits per heavy atom.